The van der Waals surface area contributed by atoms with Crippen molar-refractivity contribution < 1.29 is 4.79 Å². The van der Waals surface area contributed by atoms with Gasteiger partial charge in [0, 0.05) is 17.7 Å². The Kier molecular flexibility index (Phi) is 6.38. The molecule has 1 aromatic carbocycles. The molecule has 0 aliphatic heterocycles. The first-order valence-corrected chi connectivity index (χ1v) is 6.62. The number of carbonyl (C=O) groups is 1. The van der Waals surface area contributed by atoms with Crippen LogP contribution in [0.1, 0.15) is 62.2 Å². The minimum Gasteiger partial charge on any atom is -0.399 e. The van der Waals surface area contributed by atoms with Gasteiger partial charge in [-0.3, -0.25) is 4.79 Å². The molecule has 0 radical (unpaired) electrons. The predicted octanol–water partition coefficient (Wildman–Crippen LogP) is 4.20. The number of carbonyl (C=O) groups excluding carboxylic acids is 1. The number of benzene rings is 1. The van der Waals surface area contributed by atoms with Crippen LogP contribution in [0, 0.1) is 0 Å². The van der Waals surface area contributed by atoms with Crippen LogP contribution in [0.3, 0.4) is 0 Å². The van der Waals surface area contributed by atoms with E-state index in [-0.39, 0.29) is 5.78 Å². The lowest BCUT2D eigenvalue weighted by Gasteiger charge is -2.02. The predicted molar refractivity (Wildman–Crippen MR) is 73.2 cm³/mol. The van der Waals surface area contributed by atoms with Crippen molar-refractivity contribution in [1.29, 1.82) is 0 Å². The molecule has 0 aliphatic carbocycles. The molecule has 0 heterocycles. The first kappa shape index (κ1) is 13.8. The van der Waals surface area contributed by atoms with E-state index in [1.807, 2.05) is 12.1 Å². The highest BCUT2D eigenvalue weighted by atomic mass is 16.1. The number of anilines is 1. The summed E-state index contributed by atoms with van der Waals surface area (Å²) in [7, 11) is 0. The van der Waals surface area contributed by atoms with Gasteiger partial charge in [0.25, 0.3) is 0 Å². The molecule has 2 heteroatoms. The van der Waals surface area contributed by atoms with E-state index in [1.165, 1.54) is 32.1 Å². The normalized spacial score (nSPS) is 10.4. The van der Waals surface area contributed by atoms with Crippen molar-refractivity contribution in [2.24, 2.45) is 0 Å². The summed E-state index contributed by atoms with van der Waals surface area (Å²) in [6, 6.07) is 7.20. The maximum absolute atomic E-state index is 11.8. The quantitative estimate of drug-likeness (QED) is 0.415. The second-order valence-corrected chi connectivity index (χ2v) is 4.56. The van der Waals surface area contributed by atoms with Crippen molar-refractivity contribution >= 4 is 11.5 Å². The van der Waals surface area contributed by atoms with Gasteiger partial charge in [-0.2, -0.15) is 0 Å². The van der Waals surface area contributed by atoms with E-state index in [0.717, 1.165) is 12.0 Å². The topological polar surface area (TPSA) is 43.1 Å². The van der Waals surface area contributed by atoms with E-state index in [0.29, 0.717) is 12.1 Å². The molecule has 2 N–H and O–H groups in total. The maximum atomic E-state index is 11.8. The Morgan fingerprint density at radius 2 is 1.59 bits per heavy atom. The monoisotopic (exact) mass is 233 g/mol. The molecule has 2 nitrogen and oxygen atoms in total. The van der Waals surface area contributed by atoms with Crippen molar-refractivity contribution in [2.45, 2.75) is 51.9 Å². The lowest BCUT2D eigenvalue weighted by molar-refractivity contribution is 0.0979. The van der Waals surface area contributed by atoms with Crippen LogP contribution in [0.15, 0.2) is 24.3 Å². The number of unbranched alkanes of at least 4 members (excludes halogenated alkanes) is 5. The zero-order valence-electron chi connectivity index (χ0n) is 10.7. The van der Waals surface area contributed by atoms with Crippen LogP contribution in [0.4, 0.5) is 5.69 Å². The Hall–Kier alpha value is -1.31. The summed E-state index contributed by atoms with van der Waals surface area (Å²) < 4.78 is 0. The average Bonchev–Trinajstić information content (AvgIpc) is 2.34. The van der Waals surface area contributed by atoms with Crippen LogP contribution in [-0.4, -0.2) is 5.78 Å². The highest BCUT2D eigenvalue weighted by molar-refractivity contribution is 5.96. The summed E-state index contributed by atoms with van der Waals surface area (Å²) in [4.78, 5) is 11.8. The maximum Gasteiger partial charge on any atom is 0.162 e. The molecule has 0 aliphatic rings. The molecule has 0 fully saturated rings. The number of ketones is 1. The Bertz CT molecular complexity index is 329. The fourth-order valence-corrected chi connectivity index (χ4v) is 1.88. The molecule has 0 saturated heterocycles. The minimum absolute atomic E-state index is 0.237. The first-order valence-electron chi connectivity index (χ1n) is 6.62. The Morgan fingerprint density at radius 1 is 1.00 bits per heavy atom. The van der Waals surface area contributed by atoms with Crippen LogP contribution in [0.25, 0.3) is 0 Å². The molecular weight excluding hydrogens is 210 g/mol. The van der Waals surface area contributed by atoms with Crippen LogP contribution < -0.4 is 5.73 Å². The van der Waals surface area contributed by atoms with Crippen molar-refractivity contribution in [3.8, 4) is 0 Å². The van der Waals surface area contributed by atoms with E-state index in [4.69, 9.17) is 5.73 Å². The number of nitrogens with two attached hydrogens (primary N) is 1. The highest BCUT2D eigenvalue weighted by Gasteiger charge is 2.04. The molecule has 1 aromatic rings. The number of nitrogen functional groups attached to an aromatic ring is 1. The number of hydrogen-bond acceptors (Lipinski definition) is 2. The lowest BCUT2D eigenvalue weighted by atomic mass is 10.0. The van der Waals surface area contributed by atoms with Crippen LogP contribution >= 0.6 is 0 Å². The molecule has 0 amide bonds. The summed E-state index contributed by atoms with van der Waals surface area (Å²) in [6.07, 6.45) is 7.97. The molecule has 0 aromatic heterocycles. The Morgan fingerprint density at radius 3 is 2.24 bits per heavy atom. The minimum atomic E-state index is 0.237. The van der Waals surface area contributed by atoms with Crippen molar-refractivity contribution in [3.63, 3.8) is 0 Å². The summed E-state index contributed by atoms with van der Waals surface area (Å²) in [5, 5.41) is 0. The molecule has 0 unspecified atom stereocenters. The standard InChI is InChI=1S/C15H23NO/c1-2-3-4-5-6-7-8-15(17)13-9-11-14(16)12-10-13/h9-12H,2-8,16H2,1H3. The summed E-state index contributed by atoms with van der Waals surface area (Å²) in [5.41, 5.74) is 7.08. The molecule has 17 heavy (non-hydrogen) atoms. The second-order valence-electron chi connectivity index (χ2n) is 4.56. The Balaban J connectivity index is 2.19. The molecule has 0 atom stereocenters. The van der Waals surface area contributed by atoms with Gasteiger partial charge in [0.05, 0.1) is 0 Å². The van der Waals surface area contributed by atoms with Gasteiger partial charge < -0.3 is 5.73 Å². The molecule has 94 valence electrons. The zero-order chi connectivity index (χ0) is 12.5. The number of rotatable bonds is 8. The third-order valence-electron chi connectivity index (χ3n) is 2.99. The van der Waals surface area contributed by atoms with Crippen molar-refractivity contribution in [3.05, 3.63) is 29.8 Å². The highest BCUT2D eigenvalue weighted by Crippen LogP contribution is 2.12. The van der Waals surface area contributed by atoms with Crippen molar-refractivity contribution in [2.75, 3.05) is 5.73 Å². The fraction of sp³-hybridized carbons (Fsp3) is 0.533. The van der Waals surface area contributed by atoms with Gasteiger partial charge >= 0.3 is 0 Å². The van der Waals surface area contributed by atoms with E-state index in [2.05, 4.69) is 6.92 Å². The average molecular weight is 233 g/mol. The fourth-order valence-electron chi connectivity index (χ4n) is 1.88. The lowest BCUT2D eigenvalue weighted by Crippen LogP contribution is -1.99. The van der Waals surface area contributed by atoms with Crippen molar-refractivity contribution in [1.82, 2.24) is 0 Å². The van der Waals surface area contributed by atoms with Gasteiger partial charge in [0.2, 0.25) is 0 Å². The van der Waals surface area contributed by atoms with Crippen LogP contribution in [-0.2, 0) is 0 Å². The largest absolute Gasteiger partial charge is 0.399 e. The zero-order valence-corrected chi connectivity index (χ0v) is 10.7. The summed E-state index contributed by atoms with van der Waals surface area (Å²) >= 11 is 0. The van der Waals surface area contributed by atoms with Gasteiger partial charge in [-0.15, -0.1) is 0 Å². The van der Waals surface area contributed by atoms with Gasteiger partial charge in [0.15, 0.2) is 5.78 Å². The van der Waals surface area contributed by atoms with Gasteiger partial charge in [0.1, 0.15) is 0 Å². The Labute approximate surface area is 104 Å². The number of hydrogen-bond donors (Lipinski definition) is 1. The first-order chi connectivity index (χ1) is 8.24. The van der Waals surface area contributed by atoms with Crippen LogP contribution in [0.2, 0.25) is 0 Å². The third-order valence-corrected chi connectivity index (χ3v) is 2.99. The molecule has 0 saturated carbocycles. The molecular formula is C15H23NO. The third kappa shape index (κ3) is 5.53. The number of Topliss-reactive ketones (excluding diaryl/α,β-unsaturated/α-hetero) is 1. The van der Waals surface area contributed by atoms with E-state index >= 15 is 0 Å². The van der Waals surface area contributed by atoms with E-state index < -0.39 is 0 Å². The van der Waals surface area contributed by atoms with Crippen LogP contribution in [0.5, 0.6) is 0 Å². The van der Waals surface area contributed by atoms with E-state index in [1.54, 1.807) is 12.1 Å². The summed E-state index contributed by atoms with van der Waals surface area (Å²) in [6.45, 7) is 2.21. The smallest absolute Gasteiger partial charge is 0.162 e. The SMILES string of the molecule is CCCCCCCCC(=O)c1ccc(N)cc1. The van der Waals surface area contributed by atoms with E-state index in [9.17, 15) is 4.79 Å². The molecule has 0 bridgehead atoms. The van der Waals surface area contributed by atoms with Gasteiger partial charge in [-0.1, -0.05) is 39.0 Å². The van der Waals surface area contributed by atoms with Gasteiger partial charge in [-0.05, 0) is 30.7 Å². The summed E-state index contributed by atoms with van der Waals surface area (Å²) in [5.74, 6) is 0.237. The second kappa shape index (κ2) is 7.88. The molecule has 0 spiro atoms. The van der Waals surface area contributed by atoms with Gasteiger partial charge in [-0.25, -0.2) is 0 Å². The molecule has 1 rings (SSSR count).